The summed E-state index contributed by atoms with van der Waals surface area (Å²) >= 11 is 0. The van der Waals surface area contributed by atoms with E-state index in [9.17, 15) is 0 Å². The Kier molecular flexibility index (Phi) is 4.60. The molecule has 0 bridgehead atoms. The first-order valence-corrected chi connectivity index (χ1v) is 6.67. The van der Waals surface area contributed by atoms with Crippen LogP contribution in [0.3, 0.4) is 0 Å². The Bertz CT molecular complexity index is 425. The number of hydrogen-bond donors (Lipinski definition) is 1. The Hall–Kier alpha value is -1.53. The molecule has 1 aliphatic rings. The molecule has 2 rings (SSSR count). The van der Waals surface area contributed by atoms with Crippen molar-refractivity contribution in [2.75, 3.05) is 13.2 Å². The van der Waals surface area contributed by atoms with Crippen LogP contribution in [0.4, 0.5) is 0 Å². The van der Waals surface area contributed by atoms with Gasteiger partial charge in [0, 0.05) is 0 Å². The minimum Gasteiger partial charge on any atom is -0.492 e. The lowest BCUT2D eigenvalue weighted by Gasteiger charge is -2.30. The fraction of sp³-hybridized carbons (Fsp3) is 0.533. The molecule has 0 saturated heterocycles. The van der Waals surface area contributed by atoms with Gasteiger partial charge in [-0.15, -0.1) is 0 Å². The van der Waals surface area contributed by atoms with Crippen LogP contribution in [0.15, 0.2) is 24.3 Å². The van der Waals surface area contributed by atoms with Gasteiger partial charge in [0.1, 0.15) is 11.8 Å². The van der Waals surface area contributed by atoms with E-state index in [0.717, 1.165) is 6.54 Å². The molecule has 3 nitrogen and oxygen atoms in total. The van der Waals surface area contributed by atoms with E-state index in [1.54, 1.807) is 6.07 Å². The van der Waals surface area contributed by atoms with Gasteiger partial charge in [-0.05, 0) is 43.4 Å². The van der Waals surface area contributed by atoms with Crippen molar-refractivity contribution < 1.29 is 4.74 Å². The van der Waals surface area contributed by atoms with Gasteiger partial charge in [0.2, 0.25) is 0 Å². The number of para-hydroxylation sites is 1. The van der Waals surface area contributed by atoms with Crippen molar-refractivity contribution in [2.45, 2.75) is 25.7 Å². The van der Waals surface area contributed by atoms with E-state index in [4.69, 9.17) is 15.7 Å². The SMILES string of the molecule is N#Cc1ccccc1OCC1CCCCC1CN. The Labute approximate surface area is 109 Å². The molecule has 2 atom stereocenters. The summed E-state index contributed by atoms with van der Waals surface area (Å²) in [5, 5.41) is 9.00. The lowest BCUT2D eigenvalue weighted by molar-refractivity contribution is 0.153. The highest BCUT2D eigenvalue weighted by Crippen LogP contribution is 2.30. The van der Waals surface area contributed by atoms with Crippen LogP contribution < -0.4 is 10.5 Å². The molecule has 1 fully saturated rings. The molecule has 0 spiro atoms. The molecule has 3 heteroatoms. The summed E-state index contributed by atoms with van der Waals surface area (Å²) in [6.45, 7) is 1.43. The highest BCUT2D eigenvalue weighted by Gasteiger charge is 2.24. The zero-order chi connectivity index (χ0) is 12.8. The Morgan fingerprint density at radius 1 is 1.22 bits per heavy atom. The number of rotatable bonds is 4. The van der Waals surface area contributed by atoms with Gasteiger partial charge in [0.05, 0.1) is 12.2 Å². The van der Waals surface area contributed by atoms with E-state index >= 15 is 0 Å². The first-order chi connectivity index (χ1) is 8.85. The van der Waals surface area contributed by atoms with Gasteiger partial charge in [0.25, 0.3) is 0 Å². The smallest absolute Gasteiger partial charge is 0.137 e. The van der Waals surface area contributed by atoms with Crippen LogP contribution in [-0.4, -0.2) is 13.2 Å². The summed E-state index contributed by atoms with van der Waals surface area (Å²) < 4.78 is 5.82. The summed E-state index contributed by atoms with van der Waals surface area (Å²) in [4.78, 5) is 0. The molecule has 0 amide bonds. The fourth-order valence-electron chi connectivity index (χ4n) is 2.70. The van der Waals surface area contributed by atoms with Gasteiger partial charge < -0.3 is 10.5 Å². The van der Waals surface area contributed by atoms with Crippen LogP contribution in [0, 0.1) is 23.2 Å². The highest BCUT2D eigenvalue weighted by atomic mass is 16.5. The largest absolute Gasteiger partial charge is 0.492 e. The molecule has 96 valence electrons. The third kappa shape index (κ3) is 3.02. The second-order valence-electron chi connectivity index (χ2n) is 4.96. The average molecular weight is 244 g/mol. The Balaban J connectivity index is 1.96. The summed E-state index contributed by atoms with van der Waals surface area (Å²) in [6.07, 6.45) is 4.96. The first-order valence-electron chi connectivity index (χ1n) is 6.67. The number of benzene rings is 1. The number of nitrogens with zero attached hydrogens (tertiary/aromatic N) is 1. The molecule has 2 unspecified atom stereocenters. The third-order valence-electron chi connectivity index (χ3n) is 3.83. The second-order valence-corrected chi connectivity index (χ2v) is 4.96. The minimum atomic E-state index is 0.537. The molecule has 1 saturated carbocycles. The van der Waals surface area contributed by atoms with Crippen molar-refractivity contribution in [3.05, 3.63) is 29.8 Å². The van der Waals surface area contributed by atoms with E-state index in [2.05, 4.69) is 6.07 Å². The monoisotopic (exact) mass is 244 g/mol. The van der Waals surface area contributed by atoms with E-state index in [1.807, 2.05) is 18.2 Å². The topological polar surface area (TPSA) is 59.0 Å². The molecule has 1 aliphatic carbocycles. The van der Waals surface area contributed by atoms with Gasteiger partial charge in [-0.3, -0.25) is 0 Å². The molecule has 0 aromatic heterocycles. The van der Waals surface area contributed by atoms with E-state index < -0.39 is 0 Å². The summed E-state index contributed by atoms with van der Waals surface area (Å²) in [7, 11) is 0. The quantitative estimate of drug-likeness (QED) is 0.885. The van der Waals surface area contributed by atoms with Gasteiger partial charge >= 0.3 is 0 Å². The zero-order valence-corrected chi connectivity index (χ0v) is 10.6. The van der Waals surface area contributed by atoms with Crippen molar-refractivity contribution in [2.24, 2.45) is 17.6 Å². The number of nitrogens with two attached hydrogens (primary N) is 1. The molecular formula is C15H20N2O. The van der Waals surface area contributed by atoms with Crippen molar-refractivity contribution in [3.63, 3.8) is 0 Å². The van der Waals surface area contributed by atoms with Crippen molar-refractivity contribution in [1.29, 1.82) is 5.26 Å². The highest BCUT2D eigenvalue weighted by molar-refractivity contribution is 5.42. The maximum absolute atomic E-state index is 9.00. The molecule has 0 aliphatic heterocycles. The summed E-state index contributed by atoms with van der Waals surface area (Å²) in [5.41, 5.74) is 6.42. The predicted octanol–water partition coefficient (Wildman–Crippen LogP) is 2.70. The summed E-state index contributed by atoms with van der Waals surface area (Å²) in [5.74, 6) is 1.81. The van der Waals surface area contributed by atoms with Crippen molar-refractivity contribution >= 4 is 0 Å². The van der Waals surface area contributed by atoms with E-state index in [0.29, 0.717) is 29.8 Å². The van der Waals surface area contributed by atoms with E-state index in [-0.39, 0.29) is 0 Å². The maximum atomic E-state index is 9.00. The van der Waals surface area contributed by atoms with Crippen LogP contribution in [0.25, 0.3) is 0 Å². The Morgan fingerprint density at radius 2 is 1.94 bits per heavy atom. The van der Waals surface area contributed by atoms with Crippen LogP contribution in [0.5, 0.6) is 5.75 Å². The van der Waals surface area contributed by atoms with Crippen LogP contribution in [0.1, 0.15) is 31.2 Å². The van der Waals surface area contributed by atoms with Crippen LogP contribution in [0.2, 0.25) is 0 Å². The Morgan fingerprint density at radius 3 is 2.67 bits per heavy atom. The number of ether oxygens (including phenoxy) is 1. The van der Waals surface area contributed by atoms with Gasteiger partial charge in [0.15, 0.2) is 0 Å². The lowest BCUT2D eigenvalue weighted by atomic mass is 9.80. The molecule has 1 aromatic carbocycles. The first kappa shape index (κ1) is 12.9. The molecule has 1 aromatic rings. The van der Waals surface area contributed by atoms with Crippen molar-refractivity contribution in [1.82, 2.24) is 0 Å². The van der Waals surface area contributed by atoms with E-state index in [1.165, 1.54) is 25.7 Å². The normalized spacial score (nSPS) is 23.3. The molecule has 0 radical (unpaired) electrons. The fourth-order valence-corrected chi connectivity index (χ4v) is 2.70. The van der Waals surface area contributed by atoms with Crippen molar-refractivity contribution in [3.8, 4) is 11.8 Å². The minimum absolute atomic E-state index is 0.537. The molecule has 0 heterocycles. The molecule has 18 heavy (non-hydrogen) atoms. The second kappa shape index (κ2) is 6.42. The standard InChI is InChI=1S/C15H20N2O/c16-9-12-5-1-2-7-14(12)11-18-15-8-4-3-6-13(15)10-17/h3-4,6,8,12,14H,1-2,5,7,9,11,16H2. The van der Waals surface area contributed by atoms with Crippen LogP contribution in [-0.2, 0) is 0 Å². The maximum Gasteiger partial charge on any atom is 0.137 e. The summed E-state index contributed by atoms with van der Waals surface area (Å²) in [6, 6.07) is 9.56. The zero-order valence-electron chi connectivity index (χ0n) is 10.6. The van der Waals surface area contributed by atoms with Gasteiger partial charge in [-0.2, -0.15) is 5.26 Å². The number of hydrogen-bond acceptors (Lipinski definition) is 3. The van der Waals surface area contributed by atoms with Gasteiger partial charge in [-0.25, -0.2) is 0 Å². The average Bonchev–Trinajstić information content (AvgIpc) is 2.45. The lowest BCUT2D eigenvalue weighted by Crippen LogP contribution is -2.30. The van der Waals surface area contributed by atoms with Gasteiger partial charge in [-0.1, -0.05) is 25.0 Å². The molecule has 2 N–H and O–H groups in total. The third-order valence-corrected chi connectivity index (χ3v) is 3.83. The van der Waals surface area contributed by atoms with Crippen LogP contribution >= 0.6 is 0 Å². The predicted molar refractivity (Wildman–Crippen MR) is 71.2 cm³/mol. The number of nitriles is 1. The molecular weight excluding hydrogens is 224 g/mol.